The fourth-order valence-electron chi connectivity index (χ4n) is 2.30. The average Bonchev–Trinajstić information content (AvgIpc) is 2.86. The molecule has 0 aliphatic heterocycles. The summed E-state index contributed by atoms with van der Waals surface area (Å²) in [7, 11) is 4.08. The Labute approximate surface area is 158 Å². The van der Waals surface area contributed by atoms with E-state index in [-0.39, 0.29) is 5.82 Å². The number of aromatic nitrogens is 2. The first-order chi connectivity index (χ1) is 11.8. The third-order valence-corrected chi connectivity index (χ3v) is 4.22. The van der Waals surface area contributed by atoms with E-state index >= 15 is 0 Å². The van der Waals surface area contributed by atoms with Crippen molar-refractivity contribution >= 4 is 34.7 Å². The topological polar surface area (TPSA) is 45.1 Å². The van der Waals surface area contributed by atoms with E-state index < -0.39 is 0 Å². The first-order valence-electron chi connectivity index (χ1n) is 8.03. The predicted octanol–water partition coefficient (Wildman–Crippen LogP) is 3.27. The van der Waals surface area contributed by atoms with Crippen molar-refractivity contribution in [3.8, 4) is 0 Å². The molecule has 0 aliphatic rings. The fraction of sp³-hybridized carbons (Fsp3) is 0.412. The Balaban J connectivity index is 1.92. The lowest BCUT2D eigenvalue weighted by Gasteiger charge is -2.11. The van der Waals surface area contributed by atoms with Gasteiger partial charge in [-0.2, -0.15) is 5.10 Å². The van der Waals surface area contributed by atoms with Crippen molar-refractivity contribution in [3.05, 3.63) is 46.4 Å². The lowest BCUT2D eigenvalue weighted by Crippen LogP contribution is -2.31. The van der Waals surface area contributed by atoms with Gasteiger partial charge in [0.15, 0.2) is 10.9 Å². The van der Waals surface area contributed by atoms with Crippen LogP contribution in [0.3, 0.4) is 0 Å². The Morgan fingerprint density at radius 1 is 1.36 bits per heavy atom. The number of thiocarbonyl (C=S) groups is 1. The molecule has 0 saturated heterocycles. The van der Waals surface area contributed by atoms with Gasteiger partial charge in [-0.05, 0) is 63.9 Å². The van der Waals surface area contributed by atoms with Crippen molar-refractivity contribution in [1.29, 1.82) is 0 Å². The van der Waals surface area contributed by atoms with Crippen LogP contribution >= 0.6 is 23.8 Å². The zero-order valence-corrected chi connectivity index (χ0v) is 16.2. The van der Waals surface area contributed by atoms with Crippen LogP contribution in [0.2, 0.25) is 5.02 Å². The molecule has 1 aromatic carbocycles. The van der Waals surface area contributed by atoms with Gasteiger partial charge in [0, 0.05) is 23.3 Å². The maximum Gasteiger partial charge on any atom is 0.171 e. The highest BCUT2D eigenvalue weighted by atomic mass is 35.5. The quantitative estimate of drug-likeness (QED) is 0.567. The molecule has 1 heterocycles. The van der Waals surface area contributed by atoms with Gasteiger partial charge in [0.2, 0.25) is 0 Å². The Hall–Kier alpha value is -1.70. The van der Waals surface area contributed by atoms with Gasteiger partial charge >= 0.3 is 0 Å². The van der Waals surface area contributed by atoms with Crippen molar-refractivity contribution in [2.45, 2.75) is 19.9 Å². The van der Waals surface area contributed by atoms with E-state index in [9.17, 15) is 4.39 Å². The maximum atomic E-state index is 13.1. The highest BCUT2D eigenvalue weighted by molar-refractivity contribution is 7.80. The summed E-state index contributed by atoms with van der Waals surface area (Å²) < 4.78 is 14.9. The van der Waals surface area contributed by atoms with Gasteiger partial charge in [0.05, 0.1) is 6.54 Å². The standard InChI is InChI=1S/C17H23ClFN5S/c1-12-9-16(21-17(25)20-7-4-8-23(2)3)22-24(12)11-13-5-6-14(19)10-15(13)18/h5-6,9-10H,4,7-8,11H2,1-3H3,(H2,20,21,22,25). The van der Waals surface area contributed by atoms with E-state index in [0.29, 0.717) is 22.5 Å². The first-order valence-corrected chi connectivity index (χ1v) is 8.81. The van der Waals surface area contributed by atoms with Crippen LogP contribution in [0.25, 0.3) is 0 Å². The first kappa shape index (κ1) is 19.6. The molecule has 0 atom stereocenters. The molecule has 1 aromatic heterocycles. The summed E-state index contributed by atoms with van der Waals surface area (Å²) >= 11 is 11.4. The van der Waals surface area contributed by atoms with Gasteiger partial charge in [0.1, 0.15) is 5.82 Å². The summed E-state index contributed by atoms with van der Waals surface area (Å²) in [5.41, 5.74) is 1.77. The molecule has 0 bridgehead atoms. The molecule has 2 aromatic rings. The lowest BCUT2D eigenvalue weighted by atomic mass is 10.2. The molecule has 2 rings (SSSR count). The van der Waals surface area contributed by atoms with Crippen LogP contribution in [0.1, 0.15) is 17.7 Å². The number of benzene rings is 1. The minimum Gasteiger partial charge on any atom is -0.362 e. The molecule has 136 valence electrons. The molecule has 0 amide bonds. The van der Waals surface area contributed by atoms with Crippen molar-refractivity contribution in [1.82, 2.24) is 20.0 Å². The minimum absolute atomic E-state index is 0.348. The minimum atomic E-state index is -0.348. The molecular formula is C17H23ClFN5S. The Kier molecular flexibility index (Phi) is 7.16. The van der Waals surface area contributed by atoms with Crippen LogP contribution < -0.4 is 10.6 Å². The molecule has 0 fully saturated rings. The molecule has 0 unspecified atom stereocenters. The second-order valence-electron chi connectivity index (χ2n) is 6.10. The summed E-state index contributed by atoms with van der Waals surface area (Å²) in [4.78, 5) is 2.13. The molecule has 0 spiro atoms. The highest BCUT2D eigenvalue weighted by Gasteiger charge is 2.09. The zero-order chi connectivity index (χ0) is 18.4. The third-order valence-electron chi connectivity index (χ3n) is 3.63. The van der Waals surface area contributed by atoms with Crippen molar-refractivity contribution in [3.63, 3.8) is 0 Å². The zero-order valence-electron chi connectivity index (χ0n) is 14.6. The second-order valence-corrected chi connectivity index (χ2v) is 6.92. The van der Waals surface area contributed by atoms with Gasteiger partial charge in [-0.3, -0.25) is 4.68 Å². The number of nitrogens with one attached hydrogen (secondary N) is 2. The Morgan fingerprint density at radius 3 is 2.80 bits per heavy atom. The van der Waals surface area contributed by atoms with E-state index in [4.69, 9.17) is 23.8 Å². The van der Waals surface area contributed by atoms with E-state index in [1.807, 2.05) is 27.1 Å². The van der Waals surface area contributed by atoms with Crippen molar-refractivity contribution in [2.24, 2.45) is 0 Å². The summed E-state index contributed by atoms with van der Waals surface area (Å²) in [6, 6.07) is 6.28. The number of anilines is 1. The summed E-state index contributed by atoms with van der Waals surface area (Å²) in [6.45, 7) is 4.22. The smallest absolute Gasteiger partial charge is 0.171 e. The molecule has 8 heteroatoms. The van der Waals surface area contributed by atoms with Crippen LogP contribution in [-0.2, 0) is 6.54 Å². The van der Waals surface area contributed by atoms with Crippen molar-refractivity contribution in [2.75, 3.05) is 32.5 Å². The number of nitrogens with zero attached hydrogens (tertiary/aromatic N) is 3. The largest absolute Gasteiger partial charge is 0.362 e. The monoisotopic (exact) mass is 383 g/mol. The predicted molar refractivity (Wildman–Crippen MR) is 105 cm³/mol. The molecule has 0 saturated carbocycles. The van der Waals surface area contributed by atoms with Crippen LogP contribution in [0, 0.1) is 12.7 Å². The van der Waals surface area contributed by atoms with E-state index in [0.717, 1.165) is 30.8 Å². The summed E-state index contributed by atoms with van der Waals surface area (Å²) in [6.07, 6.45) is 1.01. The van der Waals surface area contributed by atoms with Gasteiger partial charge in [0.25, 0.3) is 0 Å². The normalized spacial score (nSPS) is 11.0. The van der Waals surface area contributed by atoms with Crippen LogP contribution in [0.4, 0.5) is 10.2 Å². The Bertz CT molecular complexity index is 732. The van der Waals surface area contributed by atoms with Gasteiger partial charge in [-0.15, -0.1) is 0 Å². The highest BCUT2D eigenvalue weighted by Crippen LogP contribution is 2.19. The second kappa shape index (κ2) is 9.12. The fourth-order valence-corrected chi connectivity index (χ4v) is 2.73. The van der Waals surface area contributed by atoms with E-state index in [2.05, 4.69) is 20.6 Å². The average molecular weight is 384 g/mol. The SMILES string of the molecule is Cc1cc(NC(=S)NCCCN(C)C)nn1Cc1ccc(F)cc1Cl. The Morgan fingerprint density at radius 2 is 2.12 bits per heavy atom. The number of aryl methyl sites for hydroxylation is 1. The van der Waals surface area contributed by atoms with E-state index in [1.165, 1.54) is 12.1 Å². The summed E-state index contributed by atoms with van der Waals surface area (Å²) in [5.74, 6) is 0.319. The van der Waals surface area contributed by atoms with Crippen LogP contribution in [0.15, 0.2) is 24.3 Å². The number of hydrogen-bond acceptors (Lipinski definition) is 3. The number of rotatable bonds is 7. The van der Waals surface area contributed by atoms with Gasteiger partial charge in [-0.25, -0.2) is 4.39 Å². The number of hydrogen-bond donors (Lipinski definition) is 2. The van der Waals surface area contributed by atoms with Crippen LogP contribution in [0.5, 0.6) is 0 Å². The number of halogens is 2. The molecule has 0 radical (unpaired) electrons. The van der Waals surface area contributed by atoms with Gasteiger partial charge < -0.3 is 15.5 Å². The van der Waals surface area contributed by atoms with Crippen LogP contribution in [-0.4, -0.2) is 47.0 Å². The molecular weight excluding hydrogens is 361 g/mol. The molecule has 2 N–H and O–H groups in total. The van der Waals surface area contributed by atoms with E-state index in [1.54, 1.807) is 10.7 Å². The summed E-state index contributed by atoms with van der Waals surface area (Å²) in [5, 5.41) is 11.7. The lowest BCUT2D eigenvalue weighted by molar-refractivity contribution is 0.400. The third kappa shape index (κ3) is 6.26. The molecule has 5 nitrogen and oxygen atoms in total. The van der Waals surface area contributed by atoms with Gasteiger partial charge in [-0.1, -0.05) is 17.7 Å². The molecule has 25 heavy (non-hydrogen) atoms. The maximum absolute atomic E-state index is 13.1. The molecule has 0 aliphatic carbocycles. The van der Waals surface area contributed by atoms with Crippen molar-refractivity contribution < 1.29 is 4.39 Å².